The Morgan fingerprint density at radius 1 is 0.846 bits per heavy atom. The number of para-hydroxylation sites is 3. The van der Waals surface area contributed by atoms with E-state index in [1.54, 1.807) is 31.2 Å². The Morgan fingerprint density at radius 3 is 2.19 bits per heavy atom. The van der Waals surface area contributed by atoms with Crippen molar-refractivity contribution in [3.05, 3.63) is 90.0 Å². The van der Waals surface area contributed by atoms with Crippen LogP contribution in [0, 0.1) is 0 Å². The van der Waals surface area contributed by atoms with Gasteiger partial charge in [-0.05, 0) is 30.3 Å². The molecule has 0 saturated carbocycles. The molecule has 0 aliphatic rings. The third-order valence-electron chi connectivity index (χ3n) is 4.04. The molecule has 26 heavy (non-hydrogen) atoms. The minimum absolute atomic E-state index is 0.109. The van der Waals surface area contributed by atoms with Crippen molar-refractivity contribution in [3.8, 4) is 17.2 Å². The fourth-order valence-corrected chi connectivity index (χ4v) is 2.71. The summed E-state index contributed by atoms with van der Waals surface area (Å²) in [5.74, 6) is 1.89. The molecular weight excluding hydrogens is 326 g/mol. The van der Waals surface area contributed by atoms with Gasteiger partial charge in [0.25, 0.3) is 5.91 Å². The predicted molar refractivity (Wildman–Crippen MR) is 102 cm³/mol. The monoisotopic (exact) mass is 347 g/mol. The molecule has 0 heterocycles. The number of rotatable bonds is 6. The zero-order valence-corrected chi connectivity index (χ0v) is 14.9. The molecule has 0 aliphatic heterocycles. The molecule has 1 amide bonds. The fraction of sp³-hybridized carbons (Fsp3) is 0.136. The van der Waals surface area contributed by atoms with Crippen LogP contribution in [0.25, 0.3) is 0 Å². The van der Waals surface area contributed by atoms with Crippen molar-refractivity contribution in [1.29, 1.82) is 0 Å². The van der Waals surface area contributed by atoms with Crippen LogP contribution in [0.5, 0.6) is 17.2 Å². The summed E-state index contributed by atoms with van der Waals surface area (Å²) in [4.78, 5) is 14.6. The second-order valence-electron chi connectivity index (χ2n) is 5.88. The SMILES string of the molecule is COc1ccccc1CN(C)C(=O)c1ccccc1Oc1ccccc1. The molecule has 4 heteroatoms. The van der Waals surface area contributed by atoms with Crippen LogP contribution in [0.2, 0.25) is 0 Å². The van der Waals surface area contributed by atoms with Gasteiger partial charge in [-0.1, -0.05) is 48.5 Å². The number of hydrogen-bond donors (Lipinski definition) is 0. The third kappa shape index (κ3) is 4.03. The maximum absolute atomic E-state index is 13.0. The number of amides is 1. The van der Waals surface area contributed by atoms with Gasteiger partial charge in [0.2, 0.25) is 0 Å². The van der Waals surface area contributed by atoms with Gasteiger partial charge in [-0.15, -0.1) is 0 Å². The quantitative estimate of drug-likeness (QED) is 0.645. The fourth-order valence-electron chi connectivity index (χ4n) is 2.71. The van der Waals surface area contributed by atoms with E-state index in [1.807, 2.05) is 66.7 Å². The molecule has 0 aliphatic carbocycles. The first kappa shape index (κ1) is 17.5. The van der Waals surface area contributed by atoms with Crippen LogP contribution in [0.3, 0.4) is 0 Å². The highest BCUT2D eigenvalue weighted by atomic mass is 16.5. The van der Waals surface area contributed by atoms with Crippen LogP contribution < -0.4 is 9.47 Å². The number of ether oxygens (including phenoxy) is 2. The summed E-state index contributed by atoms with van der Waals surface area (Å²) < 4.78 is 11.3. The molecule has 3 aromatic carbocycles. The first-order chi connectivity index (χ1) is 12.7. The highest BCUT2D eigenvalue weighted by molar-refractivity contribution is 5.96. The predicted octanol–water partition coefficient (Wildman–Crippen LogP) is 4.76. The van der Waals surface area contributed by atoms with Gasteiger partial charge in [0.15, 0.2) is 0 Å². The van der Waals surface area contributed by atoms with Crippen molar-refractivity contribution in [3.63, 3.8) is 0 Å². The number of hydrogen-bond acceptors (Lipinski definition) is 3. The lowest BCUT2D eigenvalue weighted by Crippen LogP contribution is -2.26. The van der Waals surface area contributed by atoms with Gasteiger partial charge in [-0.2, -0.15) is 0 Å². The summed E-state index contributed by atoms with van der Waals surface area (Å²) in [7, 11) is 3.40. The van der Waals surface area contributed by atoms with Crippen LogP contribution in [-0.4, -0.2) is 25.0 Å². The Bertz CT molecular complexity index is 877. The third-order valence-corrected chi connectivity index (χ3v) is 4.04. The smallest absolute Gasteiger partial charge is 0.257 e. The average Bonchev–Trinajstić information content (AvgIpc) is 2.69. The van der Waals surface area contributed by atoms with E-state index in [1.165, 1.54) is 0 Å². The molecule has 0 saturated heterocycles. The Balaban J connectivity index is 1.81. The van der Waals surface area contributed by atoms with Crippen molar-refractivity contribution >= 4 is 5.91 Å². The molecule has 0 aromatic heterocycles. The topological polar surface area (TPSA) is 38.8 Å². The van der Waals surface area contributed by atoms with Gasteiger partial charge in [-0.3, -0.25) is 4.79 Å². The van der Waals surface area contributed by atoms with Crippen LogP contribution in [0.1, 0.15) is 15.9 Å². The number of benzene rings is 3. The summed E-state index contributed by atoms with van der Waals surface area (Å²) in [6.07, 6.45) is 0. The molecule has 0 fully saturated rings. The Morgan fingerprint density at radius 2 is 1.46 bits per heavy atom. The van der Waals surface area contributed by atoms with Gasteiger partial charge in [0, 0.05) is 19.2 Å². The van der Waals surface area contributed by atoms with Crippen LogP contribution in [0.4, 0.5) is 0 Å². The van der Waals surface area contributed by atoms with Crippen molar-refractivity contribution < 1.29 is 14.3 Å². The first-order valence-electron chi connectivity index (χ1n) is 8.38. The number of carbonyl (C=O) groups excluding carboxylic acids is 1. The molecular formula is C22H21NO3. The van der Waals surface area contributed by atoms with E-state index in [0.717, 1.165) is 11.3 Å². The maximum atomic E-state index is 13.0. The molecule has 0 radical (unpaired) electrons. The zero-order valence-electron chi connectivity index (χ0n) is 14.9. The highest BCUT2D eigenvalue weighted by Crippen LogP contribution is 2.27. The highest BCUT2D eigenvalue weighted by Gasteiger charge is 2.18. The molecule has 3 aromatic rings. The van der Waals surface area contributed by atoms with E-state index in [0.29, 0.717) is 23.6 Å². The normalized spacial score (nSPS) is 10.2. The van der Waals surface area contributed by atoms with Crippen molar-refractivity contribution in [2.24, 2.45) is 0 Å². The summed E-state index contributed by atoms with van der Waals surface area (Å²) in [5, 5.41) is 0. The van der Waals surface area contributed by atoms with E-state index < -0.39 is 0 Å². The van der Waals surface area contributed by atoms with Gasteiger partial charge in [0.05, 0.1) is 12.7 Å². The minimum atomic E-state index is -0.109. The van der Waals surface area contributed by atoms with Crippen LogP contribution in [-0.2, 0) is 6.54 Å². The summed E-state index contributed by atoms with van der Waals surface area (Å²) in [6.45, 7) is 0.447. The number of carbonyl (C=O) groups is 1. The molecule has 132 valence electrons. The molecule has 4 nitrogen and oxygen atoms in total. The average molecular weight is 347 g/mol. The lowest BCUT2D eigenvalue weighted by Gasteiger charge is -2.20. The number of nitrogens with zero attached hydrogens (tertiary/aromatic N) is 1. The summed E-state index contributed by atoms with van der Waals surface area (Å²) >= 11 is 0. The van der Waals surface area contributed by atoms with E-state index in [2.05, 4.69) is 0 Å². The van der Waals surface area contributed by atoms with Crippen molar-refractivity contribution in [2.45, 2.75) is 6.54 Å². The summed E-state index contributed by atoms with van der Waals surface area (Å²) in [5.41, 5.74) is 1.47. The Labute approximate surface area is 153 Å². The molecule has 0 unspecified atom stereocenters. The molecule has 0 spiro atoms. The lowest BCUT2D eigenvalue weighted by molar-refractivity contribution is 0.0781. The largest absolute Gasteiger partial charge is 0.496 e. The van der Waals surface area contributed by atoms with Crippen molar-refractivity contribution in [2.75, 3.05) is 14.2 Å². The van der Waals surface area contributed by atoms with Crippen LogP contribution in [0.15, 0.2) is 78.9 Å². The zero-order chi connectivity index (χ0) is 18.4. The van der Waals surface area contributed by atoms with Crippen LogP contribution >= 0.6 is 0 Å². The second-order valence-corrected chi connectivity index (χ2v) is 5.88. The van der Waals surface area contributed by atoms with Crippen molar-refractivity contribution in [1.82, 2.24) is 4.90 Å². The Hall–Kier alpha value is -3.27. The summed E-state index contributed by atoms with van der Waals surface area (Å²) in [6, 6.07) is 24.4. The lowest BCUT2D eigenvalue weighted by atomic mass is 10.1. The van der Waals surface area contributed by atoms with Gasteiger partial charge < -0.3 is 14.4 Å². The van der Waals surface area contributed by atoms with Gasteiger partial charge >= 0.3 is 0 Å². The van der Waals surface area contributed by atoms with E-state index >= 15 is 0 Å². The van der Waals surface area contributed by atoms with Gasteiger partial charge in [0.1, 0.15) is 17.2 Å². The maximum Gasteiger partial charge on any atom is 0.257 e. The molecule has 0 atom stereocenters. The minimum Gasteiger partial charge on any atom is -0.496 e. The second kappa shape index (κ2) is 8.21. The van der Waals surface area contributed by atoms with E-state index in [9.17, 15) is 4.79 Å². The standard InChI is InChI=1S/C22H21NO3/c1-23(16-17-10-6-8-14-20(17)25-2)22(24)19-13-7-9-15-21(19)26-18-11-4-3-5-12-18/h3-15H,16H2,1-2H3. The Kier molecular flexibility index (Phi) is 5.54. The molecule has 3 rings (SSSR count). The van der Waals surface area contributed by atoms with Gasteiger partial charge in [-0.25, -0.2) is 0 Å². The van der Waals surface area contributed by atoms with E-state index in [-0.39, 0.29) is 5.91 Å². The number of methoxy groups -OCH3 is 1. The van der Waals surface area contributed by atoms with E-state index in [4.69, 9.17) is 9.47 Å². The molecule has 0 bridgehead atoms. The molecule has 0 N–H and O–H groups in total. The first-order valence-corrected chi connectivity index (χ1v) is 8.38.